The second-order valence-electron chi connectivity index (χ2n) is 4.95. The quantitative estimate of drug-likeness (QED) is 0.647. The third-order valence-corrected chi connectivity index (χ3v) is 3.36. The first-order valence-electron chi connectivity index (χ1n) is 6.81. The van der Waals surface area contributed by atoms with Crippen LogP contribution in [0.15, 0.2) is 48.5 Å². The van der Waals surface area contributed by atoms with E-state index in [0.29, 0.717) is 11.1 Å². The minimum Gasteiger partial charge on any atom is -0.368 e. The molecule has 2 rings (SSSR count). The molecule has 2 aromatic rings. The van der Waals surface area contributed by atoms with Crippen LogP contribution in [0.3, 0.4) is 0 Å². The van der Waals surface area contributed by atoms with Gasteiger partial charge in [-0.05, 0) is 18.6 Å². The highest BCUT2D eigenvalue weighted by Crippen LogP contribution is 2.24. The van der Waals surface area contributed by atoms with Crippen molar-refractivity contribution in [3.05, 3.63) is 75.3 Å². The number of carbonyl (C=O) groups excluding carboxylic acids is 2. The molecule has 2 aromatic carbocycles. The van der Waals surface area contributed by atoms with E-state index in [1.165, 1.54) is 19.1 Å². The molecule has 7 nitrogen and oxygen atoms in total. The number of rotatable bonds is 5. The van der Waals surface area contributed by atoms with E-state index in [1.807, 2.05) is 0 Å². The Morgan fingerprint density at radius 3 is 2.35 bits per heavy atom. The zero-order valence-electron chi connectivity index (χ0n) is 12.4. The van der Waals surface area contributed by atoms with Gasteiger partial charge < -0.3 is 11.1 Å². The molecule has 0 aromatic heterocycles. The molecule has 2 amide bonds. The molecule has 1 atom stereocenters. The summed E-state index contributed by atoms with van der Waals surface area (Å²) in [4.78, 5) is 34.6. The van der Waals surface area contributed by atoms with Crippen molar-refractivity contribution in [2.45, 2.75) is 13.0 Å². The molecule has 0 bridgehead atoms. The zero-order chi connectivity index (χ0) is 17.0. The number of aryl methyl sites for hydroxylation is 1. The van der Waals surface area contributed by atoms with Crippen molar-refractivity contribution in [3.8, 4) is 0 Å². The van der Waals surface area contributed by atoms with Gasteiger partial charge >= 0.3 is 0 Å². The maximum absolute atomic E-state index is 12.4. The van der Waals surface area contributed by atoms with E-state index in [1.54, 1.807) is 36.4 Å². The van der Waals surface area contributed by atoms with Gasteiger partial charge in [-0.15, -0.1) is 0 Å². The Kier molecular flexibility index (Phi) is 4.70. The van der Waals surface area contributed by atoms with Crippen LogP contribution in [0, 0.1) is 17.0 Å². The van der Waals surface area contributed by atoms with Crippen LogP contribution < -0.4 is 11.1 Å². The van der Waals surface area contributed by atoms with Crippen LogP contribution in [0.25, 0.3) is 0 Å². The van der Waals surface area contributed by atoms with Crippen molar-refractivity contribution in [3.63, 3.8) is 0 Å². The molecule has 0 fully saturated rings. The van der Waals surface area contributed by atoms with Gasteiger partial charge in [0.1, 0.15) is 11.6 Å². The largest absolute Gasteiger partial charge is 0.368 e. The van der Waals surface area contributed by atoms with Crippen molar-refractivity contribution < 1.29 is 14.5 Å². The Hall–Kier alpha value is -3.22. The average molecular weight is 313 g/mol. The van der Waals surface area contributed by atoms with Crippen molar-refractivity contribution in [2.24, 2.45) is 5.73 Å². The number of carbonyl (C=O) groups is 2. The maximum Gasteiger partial charge on any atom is 0.285 e. The highest BCUT2D eigenvalue weighted by Gasteiger charge is 2.26. The number of nitrogens with one attached hydrogen (secondary N) is 1. The summed E-state index contributed by atoms with van der Waals surface area (Å²) in [6.45, 7) is 1.54. The first kappa shape index (κ1) is 16.2. The molecule has 0 aliphatic carbocycles. The van der Waals surface area contributed by atoms with E-state index in [-0.39, 0.29) is 11.3 Å². The van der Waals surface area contributed by atoms with E-state index < -0.39 is 22.8 Å². The van der Waals surface area contributed by atoms with E-state index in [4.69, 9.17) is 5.73 Å². The second kappa shape index (κ2) is 6.69. The number of nitrogens with zero attached hydrogens (tertiary/aromatic N) is 1. The molecule has 0 aliphatic rings. The molecule has 23 heavy (non-hydrogen) atoms. The van der Waals surface area contributed by atoms with E-state index >= 15 is 0 Å². The molecular weight excluding hydrogens is 298 g/mol. The Balaban J connectivity index is 2.36. The highest BCUT2D eigenvalue weighted by molar-refractivity contribution is 6.01. The molecule has 0 radical (unpaired) electrons. The molecule has 0 aliphatic heterocycles. The summed E-state index contributed by atoms with van der Waals surface area (Å²) < 4.78 is 0. The number of amides is 2. The van der Waals surface area contributed by atoms with Gasteiger partial charge in [0.25, 0.3) is 11.6 Å². The number of nitrogens with two attached hydrogens (primary N) is 1. The van der Waals surface area contributed by atoms with Crippen LogP contribution in [0.5, 0.6) is 0 Å². The van der Waals surface area contributed by atoms with Crippen molar-refractivity contribution >= 4 is 17.5 Å². The summed E-state index contributed by atoms with van der Waals surface area (Å²) in [7, 11) is 0. The number of para-hydroxylation sites is 1. The smallest absolute Gasteiger partial charge is 0.285 e. The van der Waals surface area contributed by atoms with Crippen LogP contribution in [-0.2, 0) is 4.79 Å². The van der Waals surface area contributed by atoms with Gasteiger partial charge in [-0.2, -0.15) is 0 Å². The van der Waals surface area contributed by atoms with Crippen LogP contribution in [0.4, 0.5) is 5.69 Å². The second-order valence-corrected chi connectivity index (χ2v) is 4.95. The van der Waals surface area contributed by atoms with Crippen LogP contribution in [0.1, 0.15) is 27.5 Å². The fraction of sp³-hybridized carbons (Fsp3) is 0.125. The van der Waals surface area contributed by atoms with Crippen LogP contribution in [0.2, 0.25) is 0 Å². The predicted octanol–water partition coefficient (Wildman–Crippen LogP) is 1.86. The highest BCUT2D eigenvalue weighted by atomic mass is 16.6. The Bertz CT molecular complexity index is 759. The van der Waals surface area contributed by atoms with Crippen LogP contribution >= 0.6 is 0 Å². The lowest BCUT2D eigenvalue weighted by molar-refractivity contribution is -0.385. The third kappa shape index (κ3) is 3.52. The molecule has 3 N–H and O–H groups in total. The van der Waals surface area contributed by atoms with E-state index in [9.17, 15) is 19.7 Å². The Labute approximate surface area is 132 Å². The van der Waals surface area contributed by atoms with Crippen molar-refractivity contribution in [1.82, 2.24) is 5.32 Å². The normalized spacial score (nSPS) is 11.5. The summed E-state index contributed by atoms with van der Waals surface area (Å²) in [6.07, 6.45) is 0. The standard InChI is InChI=1S/C16H15N3O4/c1-10-6-5-9-12(14(10)19(22)23)16(21)18-13(15(17)20)11-7-3-2-4-8-11/h2-9,13H,1H3,(H2,17,20)(H,18,21)/t13-/m0/s1. The molecule has 0 spiro atoms. The molecule has 0 saturated heterocycles. The number of hydrogen-bond donors (Lipinski definition) is 2. The summed E-state index contributed by atoms with van der Waals surface area (Å²) >= 11 is 0. The first-order chi connectivity index (χ1) is 10.9. The number of nitro groups is 1. The Morgan fingerprint density at radius 2 is 1.78 bits per heavy atom. The number of primary amides is 1. The fourth-order valence-corrected chi connectivity index (χ4v) is 2.26. The van der Waals surface area contributed by atoms with Crippen LogP contribution in [-0.4, -0.2) is 16.7 Å². The van der Waals surface area contributed by atoms with Gasteiger partial charge in [-0.25, -0.2) is 0 Å². The summed E-state index contributed by atoms with van der Waals surface area (Å²) in [5.74, 6) is -1.48. The van der Waals surface area contributed by atoms with Gasteiger partial charge in [0.2, 0.25) is 5.91 Å². The summed E-state index contributed by atoms with van der Waals surface area (Å²) in [5.41, 5.74) is 5.79. The lowest BCUT2D eigenvalue weighted by Crippen LogP contribution is -2.37. The van der Waals surface area contributed by atoms with Crippen molar-refractivity contribution in [1.29, 1.82) is 0 Å². The molecule has 0 saturated carbocycles. The van der Waals surface area contributed by atoms with E-state index in [0.717, 1.165) is 0 Å². The number of nitro benzene ring substituents is 1. The first-order valence-corrected chi connectivity index (χ1v) is 6.81. The van der Waals surface area contributed by atoms with Gasteiger partial charge in [-0.3, -0.25) is 19.7 Å². The SMILES string of the molecule is Cc1cccc(C(=O)N[C@H](C(N)=O)c2ccccc2)c1[N+](=O)[O-]. The number of hydrogen-bond acceptors (Lipinski definition) is 4. The zero-order valence-corrected chi connectivity index (χ0v) is 12.4. The number of benzene rings is 2. The van der Waals surface area contributed by atoms with Gasteiger partial charge in [-0.1, -0.05) is 42.5 Å². The van der Waals surface area contributed by atoms with E-state index in [2.05, 4.69) is 5.32 Å². The predicted molar refractivity (Wildman–Crippen MR) is 83.7 cm³/mol. The topological polar surface area (TPSA) is 115 Å². The molecule has 0 unspecified atom stereocenters. The van der Waals surface area contributed by atoms with Gasteiger partial charge in [0, 0.05) is 5.56 Å². The van der Waals surface area contributed by atoms with Crippen molar-refractivity contribution in [2.75, 3.05) is 0 Å². The van der Waals surface area contributed by atoms with Gasteiger partial charge in [0.15, 0.2) is 0 Å². The third-order valence-electron chi connectivity index (χ3n) is 3.36. The molecule has 118 valence electrons. The summed E-state index contributed by atoms with van der Waals surface area (Å²) in [6, 6.07) is 11.8. The molecule has 0 heterocycles. The fourth-order valence-electron chi connectivity index (χ4n) is 2.26. The minimum atomic E-state index is -1.07. The molecular formula is C16H15N3O4. The lowest BCUT2D eigenvalue weighted by Gasteiger charge is -2.16. The lowest BCUT2D eigenvalue weighted by atomic mass is 10.0. The minimum absolute atomic E-state index is 0.114. The monoisotopic (exact) mass is 313 g/mol. The maximum atomic E-state index is 12.4. The molecule has 7 heteroatoms. The Morgan fingerprint density at radius 1 is 1.13 bits per heavy atom. The van der Waals surface area contributed by atoms with Gasteiger partial charge in [0.05, 0.1) is 4.92 Å². The average Bonchev–Trinajstić information content (AvgIpc) is 2.52. The summed E-state index contributed by atoms with van der Waals surface area (Å²) in [5, 5.41) is 13.6.